The van der Waals surface area contributed by atoms with Gasteiger partial charge in [0, 0.05) is 31.9 Å². The fraction of sp³-hybridized carbons (Fsp3) is 0.333. The van der Waals surface area contributed by atoms with E-state index in [1.165, 1.54) is 43.9 Å². The molecule has 1 aliphatic heterocycles. The average molecular weight is 353 g/mol. The van der Waals surface area contributed by atoms with Gasteiger partial charge < -0.3 is 10.2 Å². The quantitative estimate of drug-likeness (QED) is 0.829. The summed E-state index contributed by atoms with van der Waals surface area (Å²) in [7, 11) is 0. The van der Waals surface area contributed by atoms with Gasteiger partial charge in [-0.2, -0.15) is 0 Å². The summed E-state index contributed by atoms with van der Waals surface area (Å²) in [5.74, 6) is 0.534. The minimum Gasteiger partial charge on any atom is -0.357 e. The van der Waals surface area contributed by atoms with Crippen molar-refractivity contribution >= 4 is 17.8 Å². The van der Waals surface area contributed by atoms with E-state index in [1.807, 2.05) is 18.3 Å². The van der Waals surface area contributed by atoms with E-state index < -0.39 is 0 Å². The first-order chi connectivity index (χ1) is 12.7. The number of nitrogens with zero attached hydrogens (tertiary/aromatic N) is 2. The van der Waals surface area contributed by atoms with E-state index in [0.29, 0.717) is 6.54 Å². The molecule has 136 valence electrons. The van der Waals surface area contributed by atoms with Crippen LogP contribution in [0, 0.1) is 5.82 Å². The Labute approximate surface area is 153 Å². The first-order valence-corrected chi connectivity index (χ1v) is 9.12. The summed E-state index contributed by atoms with van der Waals surface area (Å²) < 4.78 is 12.8. The maximum Gasteiger partial charge on any atom is 0.244 e. The van der Waals surface area contributed by atoms with E-state index in [4.69, 9.17) is 0 Å². The van der Waals surface area contributed by atoms with Gasteiger partial charge in [-0.1, -0.05) is 31.0 Å². The zero-order valence-corrected chi connectivity index (χ0v) is 14.8. The molecule has 1 amide bonds. The number of carbonyl (C=O) groups excluding carboxylic acids is 1. The van der Waals surface area contributed by atoms with Crippen molar-refractivity contribution in [3.05, 3.63) is 65.6 Å². The highest BCUT2D eigenvalue weighted by atomic mass is 19.1. The molecule has 1 aromatic carbocycles. The largest absolute Gasteiger partial charge is 0.357 e. The molecular weight excluding hydrogens is 329 g/mol. The number of carbonyl (C=O) groups is 1. The molecule has 2 aromatic rings. The van der Waals surface area contributed by atoms with Crippen molar-refractivity contribution in [1.82, 2.24) is 10.3 Å². The van der Waals surface area contributed by atoms with Crippen LogP contribution in [0.15, 0.2) is 48.7 Å². The standard InChI is InChI=1S/C21H24FN3O/c22-19-9-5-17(6-10-19)8-12-21(26)24-16-18-7-11-20(23-15-18)25-13-3-1-2-4-14-25/h5-12,15H,1-4,13-14,16H2,(H,24,26). The summed E-state index contributed by atoms with van der Waals surface area (Å²) in [6.45, 7) is 2.56. The van der Waals surface area contributed by atoms with Crippen molar-refractivity contribution in [1.29, 1.82) is 0 Å². The summed E-state index contributed by atoms with van der Waals surface area (Å²) in [6.07, 6.45) is 9.98. The molecule has 0 aliphatic carbocycles. The zero-order chi connectivity index (χ0) is 18.2. The normalized spacial score (nSPS) is 15.0. The number of rotatable bonds is 5. The molecular formula is C21H24FN3O. The number of benzene rings is 1. The smallest absolute Gasteiger partial charge is 0.244 e. The summed E-state index contributed by atoms with van der Waals surface area (Å²) in [5, 5.41) is 2.84. The third kappa shape index (κ3) is 5.41. The van der Waals surface area contributed by atoms with Gasteiger partial charge in [0.1, 0.15) is 11.6 Å². The lowest BCUT2D eigenvalue weighted by Gasteiger charge is -2.21. The zero-order valence-electron chi connectivity index (χ0n) is 14.8. The van der Waals surface area contributed by atoms with Crippen molar-refractivity contribution in [3.63, 3.8) is 0 Å². The second-order valence-electron chi connectivity index (χ2n) is 6.53. The third-order valence-corrected chi connectivity index (χ3v) is 4.50. The van der Waals surface area contributed by atoms with Gasteiger partial charge in [-0.15, -0.1) is 0 Å². The van der Waals surface area contributed by atoms with Gasteiger partial charge in [0.25, 0.3) is 0 Å². The molecule has 1 aromatic heterocycles. The van der Waals surface area contributed by atoms with E-state index >= 15 is 0 Å². The van der Waals surface area contributed by atoms with Crippen molar-refractivity contribution in [2.24, 2.45) is 0 Å². The van der Waals surface area contributed by atoms with Crippen molar-refractivity contribution in [2.45, 2.75) is 32.2 Å². The molecule has 5 heteroatoms. The Morgan fingerprint density at radius 3 is 2.46 bits per heavy atom. The number of halogens is 1. The van der Waals surface area contributed by atoms with Gasteiger partial charge in [-0.3, -0.25) is 4.79 Å². The minimum atomic E-state index is -0.289. The summed E-state index contributed by atoms with van der Waals surface area (Å²) in [5.41, 5.74) is 1.75. The highest BCUT2D eigenvalue weighted by Crippen LogP contribution is 2.17. The second kappa shape index (κ2) is 9.13. The van der Waals surface area contributed by atoms with Crippen LogP contribution in [-0.2, 0) is 11.3 Å². The Morgan fingerprint density at radius 2 is 1.81 bits per heavy atom. The number of pyridine rings is 1. The summed E-state index contributed by atoms with van der Waals surface area (Å²) >= 11 is 0. The van der Waals surface area contributed by atoms with Gasteiger partial charge in [0.05, 0.1) is 0 Å². The molecule has 1 aliphatic rings. The maximum absolute atomic E-state index is 12.8. The van der Waals surface area contributed by atoms with Crippen LogP contribution in [0.25, 0.3) is 6.08 Å². The van der Waals surface area contributed by atoms with Crippen molar-refractivity contribution < 1.29 is 9.18 Å². The summed E-state index contributed by atoms with van der Waals surface area (Å²) in [4.78, 5) is 18.8. The molecule has 1 saturated heterocycles. The molecule has 0 bridgehead atoms. The van der Waals surface area contributed by atoms with Gasteiger partial charge >= 0.3 is 0 Å². The Bertz CT molecular complexity index is 733. The molecule has 0 atom stereocenters. The number of anilines is 1. The van der Waals surface area contributed by atoms with Gasteiger partial charge in [0.2, 0.25) is 5.91 Å². The molecule has 3 rings (SSSR count). The van der Waals surface area contributed by atoms with Gasteiger partial charge in [-0.05, 0) is 48.2 Å². The maximum atomic E-state index is 12.8. The Kier molecular flexibility index (Phi) is 6.36. The predicted molar refractivity (Wildman–Crippen MR) is 102 cm³/mol. The molecule has 4 nitrogen and oxygen atoms in total. The Morgan fingerprint density at radius 1 is 1.08 bits per heavy atom. The number of hydrogen-bond donors (Lipinski definition) is 1. The molecule has 0 spiro atoms. The van der Waals surface area contributed by atoms with E-state index in [2.05, 4.69) is 15.2 Å². The minimum absolute atomic E-state index is 0.189. The number of hydrogen-bond acceptors (Lipinski definition) is 3. The lowest BCUT2D eigenvalue weighted by atomic mass is 10.2. The fourth-order valence-electron chi connectivity index (χ4n) is 3.00. The SMILES string of the molecule is O=C(C=Cc1ccc(F)cc1)NCc1ccc(N2CCCCCC2)nc1. The topological polar surface area (TPSA) is 45.2 Å². The van der Waals surface area contributed by atoms with Gasteiger partial charge in [0.15, 0.2) is 0 Å². The number of aromatic nitrogens is 1. The molecule has 0 unspecified atom stereocenters. The predicted octanol–water partition coefficient (Wildman–Crippen LogP) is 3.93. The van der Waals surface area contributed by atoms with Crippen LogP contribution in [0.5, 0.6) is 0 Å². The number of amides is 1. The molecule has 26 heavy (non-hydrogen) atoms. The highest BCUT2D eigenvalue weighted by Gasteiger charge is 2.10. The average Bonchev–Trinajstić information content (AvgIpc) is 2.96. The molecule has 0 radical (unpaired) electrons. The van der Waals surface area contributed by atoms with Crippen LogP contribution < -0.4 is 10.2 Å². The van der Waals surface area contributed by atoms with E-state index in [1.54, 1.807) is 18.2 Å². The van der Waals surface area contributed by atoms with Crippen LogP contribution >= 0.6 is 0 Å². The van der Waals surface area contributed by atoms with Crippen LogP contribution in [-0.4, -0.2) is 24.0 Å². The van der Waals surface area contributed by atoms with Gasteiger partial charge in [-0.25, -0.2) is 9.37 Å². The lowest BCUT2D eigenvalue weighted by Crippen LogP contribution is -2.25. The van der Waals surface area contributed by atoms with Crippen LogP contribution in [0.4, 0.5) is 10.2 Å². The van der Waals surface area contributed by atoms with E-state index in [0.717, 1.165) is 30.0 Å². The Hall–Kier alpha value is -2.69. The highest BCUT2D eigenvalue weighted by molar-refractivity contribution is 5.91. The molecule has 2 heterocycles. The van der Waals surface area contributed by atoms with Crippen LogP contribution in [0.1, 0.15) is 36.8 Å². The molecule has 1 fully saturated rings. The van der Waals surface area contributed by atoms with Crippen LogP contribution in [0.2, 0.25) is 0 Å². The first kappa shape index (κ1) is 18.1. The Balaban J connectivity index is 1.49. The van der Waals surface area contributed by atoms with Crippen molar-refractivity contribution in [3.8, 4) is 0 Å². The summed E-state index contributed by atoms with van der Waals surface area (Å²) in [6, 6.07) is 10.0. The fourth-order valence-corrected chi connectivity index (χ4v) is 3.00. The van der Waals surface area contributed by atoms with Crippen molar-refractivity contribution in [2.75, 3.05) is 18.0 Å². The molecule has 0 saturated carbocycles. The molecule has 1 N–H and O–H groups in total. The lowest BCUT2D eigenvalue weighted by molar-refractivity contribution is -0.116. The van der Waals surface area contributed by atoms with Crippen LogP contribution in [0.3, 0.4) is 0 Å². The monoisotopic (exact) mass is 353 g/mol. The third-order valence-electron chi connectivity index (χ3n) is 4.50. The first-order valence-electron chi connectivity index (χ1n) is 9.12. The number of nitrogens with one attached hydrogen (secondary N) is 1. The van der Waals surface area contributed by atoms with E-state index in [-0.39, 0.29) is 11.7 Å². The van der Waals surface area contributed by atoms with E-state index in [9.17, 15) is 9.18 Å². The second-order valence-corrected chi connectivity index (χ2v) is 6.53.